The molecule has 0 aromatic carbocycles. The third-order valence-electron chi connectivity index (χ3n) is 1.36. The highest BCUT2D eigenvalue weighted by Gasteiger charge is 2.22. The Hall–Kier alpha value is -1.77. The zero-order valence-corrected chi connectivity index (χ0v) is 6.13. The van der Waals surface area contributed by atoms with Crippen molar-refractivity contribution in [2.75, 3.05) is 0 Å². The highest BCUT2D eigenvalue weighted by Crippen LogP contribution is 2.28. The number of rotatable bonds is 1. The molecular formula is C7H3F3N2O. The summed E-state index contributed by atoms with van der Waals surface area (Å²) in [4.78, 5) is 3.15. The fraction of sp³-hybridized carbons (Fsp3) is 0.143. The Morgan fingerprint density at radius 1 is 1.54 bits per heavy atom. The van der Waals surface area contributed by atoms with E-state index in [1.54, 1.807) is 0 Å². The number of aromatic nitrogens is 1. The maximum atomic E-state index is 12.8. The molecule has 0 aliphatic carbocycles. The number of nitriles is 1. The van der Waals surface area contributed by atoms with Crippen LogP contribution in [-0.4, -0.2) is 10.1 Å². The lowest BCUT2D eigenvalue weighted by Gasteiger charge is -2.03. The van der Waals surface area contributed by atoms with Gasteiger partial charge in [0.05, 0.1) is 11.8 Å². The van der Waals surface area contributed by atoms with E-state index in [0.29, 0.717) is 6.20 Å². The number of pyridine rings is 1. The second-order valence-corrected chi connectivity index (χ2v) is 2.13. The van der Waals surface area contributed by atoms with Crippen molar-refractivity contribution in [2.24, 2.45) is 0 Å². The van der Waals surface area contributed by atoms with Gasteiger partial charge >= 0.3 is 0 Å². The van der Waals surface area contributed by atoms with Gasteiger partial charge in [-0.2, -0.15) is 5.26 Å². The van der Waals surface area contributed by atoms with E-state index in [4.69, 9.17) is 10.4 Å². The summed E-state index contributed by atoms with van der Waals surface area (Å²) in [5.74, 6) is -2.49. The Balaban J connectivity index is 3.43. The van der Waals surface area contributed by atoms with Gasteiger partial charge in [0.1, 0.15) is 6.07 Å². The Bertz CT molecular complexity index is 373. The first-order valence-corrected chi connectivity index (χ1v) is 3.13. The number of hydrogen-bond donors (Lipinski definition) is 1. The van der Waals surface area contributed by atoms with E-state index in [-0.39, 0.29) is 0 Å². The van der Waals surface area contributed by atoms with Crippen LogP contribution in [0.5, 0.6) is 5.75 Å². The fourth-order valence-corrected chi connectivity index (χ4v) is 0.782. The van der Waals surface area contributed by atoms with Crippen molar-refractivity contribution < 1.29 is 18.3 Å². The zero-order chi connectivity index (χ0) is 10.0. The number of halogens is 3. The lowest BCUT2D eigenvalue weighted by atomic mass is 10.2. The standard InChI is InChI=1S/C7H3F3N2O/c8-6-4(13)2-12-3(1-11)5(6)7(9)10/h2,7,13H. The molecule has 0 radical (unpaired) electrons. The first-order valence-electron chi connectivity index (χ1n) is 3.13. The summed E-state index contributed by atoms with van der Waals surface area (Å²) in [7, 11) is 0. The third kappa shape index (κ3) is 1.54. The van der Waals surface area contributed by atoms with Crippen LogP contribution >= 0.6 is 0 Å². The first-order chi connectivity index (χ1) is 6.07. The van der Waals surface area contributed by atoms with Crippen molar-refractivity contribution in [3.05, 3.63) is 23.3 Å². The van der Waals surface area contributed by atoms with E-state index in [1.807, 2.05) is 0 Å². The van der Waals surface area contributed by atoms with Gasteiger partial charge in [0.15, 0.2) is 17.3 Å². The number of hydrogen-bond acceptors (Lipinski definition) is 3. The molecule has 6 heteroatoms. The van der Waals surface area contributed by atoms with E-state index in [2.05, 4.69) is 4.98 Å². The lowest BCUT2D eigenvalue weighted by molar-refractivity contribution is 0.144. The van der Waals surface area contributed by atoms with E-state index in [9.17, 15) is 13.2 Å². The highest BCUT2D eigenvalue weighted by atomic mass is 19.3. The van der Waals surface area contributed by atoms with E-state index in [1.165, 1.54) is 6.07 Å². The van der Waals surface area contributed by atoms with Crippen molar-refractivity contribution in [1.82, 2.24) is 4.98 Å². The maximum Gasteiger partial charge on any atom is 0.269 e. The smallest absolute Gasteiger partial charge is 0.269 e. The first kappa shape index (κ1) is 9.32. The van der Waals surface area contributed by atoms with Crippen molar-refractivity contribution in [1.29, 1.82) is 5.26 Å². The molecule has 0 spiro atoms. The maximum absolute atomic E-state index is 12.8. The van der Waals surface area contributed by atoms with Gasteiger partial charge in [0.2, 0.25) is 0 Å². The summed E-state index contributed by atoms with van der Waals surface area (Å²) in [5, 5.41) is 17.0. The molecule has 1 heterocycles. The molecule has 0 atom stereocenters. The summed E-state index contributed by atoms with van der Waals surface area (Å²) >= 11 is 0. The van der Waals surface area contributed by atoms with Crippen LogP contribution in [0.15, 0.2) is 6.20 Å². The molecule has 0 saturated heterocycles. The van der Waals surface area contributed by atoms with Gasteiger partial charge in [-0.25, -0.2) is 18.2 Å². The van der Waals surface area contributed by atoms with Crippen molar-refractivity contribution in [3.8, 4) is 11.8 Å². The zero-order valence-electron chi connectivity index (χ0n) is 6.13. The summed E-state index contributed by atoms with van der Waals surface area (Å²) in [6, 6.07) is 1.30. The molecule has 68 valence electrons. The minimum atomic E-state index is -3.17. The van der Waals surface area contributed by atoms with E-state index >= 15 is 0 Å². The molecule has 13 heavy (non-hydrogen) atoms. The quantitative estimate of drug-likeness (QED) is 0.730. The highest BCUT2D eigenvalue weighted by molar-refractivity contribution is 5.38. The Kier molecular flexibility index (Phi) is 2.37. The number of alkyl halides is 2. The minimum absolute atomic E-state index is 0.611. The monoisotopic (exact) mass is 188 g/mol. The van der Waals surface area contributed by atoms with E-state index in [0.717, 1.165) is 0 Å². The molecule has 1 N–H and O–H groups in total. The molecule has 1 aromatic heterocycles. The fourth-order valence-electron chi connectivity index (χ4n) is 0.782. The normalized spacial score (nSPS) is 10.1. The van der Waals surface area contributed by atoms with E-state index < -0.39 is 29.2 Å². The van der Waals surface area contributed by atoms with Crippen LogP contribution in [0.4, 0.5) is 13.2 Å². The van der Waals surface area contributed by atoms with Gasteiger partial charge in [0.25, 0.3) is 6.43 Å². The van der Waals surface area contributed by atoms with Crippen LogP contribution in [0, 0.1) is 17.1 Å². The Labute approximate surface area is 71.1 Å². The molecule has 0 aliphatic rings. The minimum Gasteiger partial charge on any atom is -0.504 e. The van der Waals surface area contributed by atoms with Gasteiger partial charge in [-0.15, -0.1) is 0 Å². The van der Waals surface area contributed by atoms with Crippen LogP contribution < -0.4 is 0 Å². The van der Waals surface area contributed by atoms with Crippen molar-refractivity contribution in [2.45, 2.75) is 6.43 Å². The van der Waals surface area contributed by atoms with Crippen LogP contribution in [0.3, 0.4) is 0 Å². The van der Waals surface area contributed by atoms with Gasteiger partial charge in [-0.1, -0.05) is 0 Å². The van der Waals surface area contributed by atoms with Crippen LogP contribution in [-0.2, 0) is 0 Å². The molecule has 1 aromatic rings. The summed E-state index contributed by atoms with van der Waals surface area (Å²) in [6.45, 7) is 0. The molecule has 1 rings (SSSR count). The molecule has 0 fully saturated rings. The molecule has 3 nitrogen and oxygen atoms in total. The molecule has 0 aliphatic heterocycles. The van der Waals surface area contributed by atoms with Crippen LogP contribution in [0.25, 0.3) is 0 Å². The molecule has 0 bridgehead atoms. The largest absolute Gasteiger partial charge is 0.504 e. The summed E-state index contributed by atoms with van der Waals surface area (Å²) in [6.07, 6.45) is -2.56. The predicted molar refractivity (Wildman–Crippen MR) is 35.5 cm³/mol. The van der Waals surface area contributed by atoms with Crippen LogP contribution in [0.2, 0.25) is 0 Å². The van der Waals surface area contributed by atoms with Gasteiger partial charge in [0, 0.05) is 0 Å². The second kappa shape index (κ2) is 3.31. The second-order valence-electron chi connectivity index (χ2n) is 2.13. The molecule has 0 saturated carbocycles. The van der Waals surface area contributed by atoms with Crippen LogP contribution in [0.1, 0.15) is 17.7 Å². The lowest BCUT2D eigenvalue weighted by Crippen LogP contribution is -1.98. The van der Waals surface area contributed by atoms with Crippen molar-refractivity contribution in [3.63, 3.8) is 0 Å². The predicted octanol–water partition coefficient (Wildman–Crippen LogP) is 1.74. The number of nitrogens with zero attached hydrogens (tertiary/aromatic N) is 2. The molecule has 0 amide bonds. The average Bonchev–Trinajstić information content (AvgIpc) is 2.08. The SMILES string of the molecule is N#Cc1ncc(O)c(F)c1C(F)F. The summed E-state index contributed by atoms with van der Waals surface area (Å²) < 4.78 is 37.0. The topological polar surface area (TPSA) is 56.9 Å². The number of aromatic hydroxyl groups is 1. The Morgan fingerprint density at radius 2 is 2.15 bits per heavy atom. The molecular weight excluding hydrogens is 185 g/mol. The third-order valence-corrected chi connectivity index (χ3v) is 1.36. The van der Waals surface area contributed by atoms with Gasteiger partial charge in [-0.05, 0) is 0 Å². The average molecular weight is 188 g/mol. The van der Waals surface area contributed by atoms with Gasteiger partial charge < -0.3 is 5.11 Å². The van der Waals surface area contributed by atoms with Gasteiger partial charge in [-0.3, -0.25) is 0 Å². The Morgan fingerprint density at radius 3 is 2.62 bits per heavy atom. The molecule has 0 unspecified atom stereocenters. The summed E-state index contributed by atoms with van der Waals surface area (Å²) in [5.41, 5.74) is -1.88. The van der Waals surface area contributed by atoms with Crippen molar-refractivity contribution >= 4 is 0 Å².